The van der Waals surface area contributed by atoms with E-state index in [1.54, 1.807) is 0 Å². The standard InChI is InChI=1S/C12H22ClN3O2S2/c1-5-9(6-2)10(16(3)4)7-15-20(17,18)11-8-14-12(13)19-11/h8-10,15H,5-7H2,1-4H3. The first-order chi connectivity index (χ1) is 9.31. The molecule has 0 aliphatic heterocycles. The second-order valence-corrected chi connectivity index (χ2v) is 8.50. The molecule has 1 N–H and O–H groups in total. The van der Waals surface area contributed by atoms with Gasteiger partial charge in [0, 0.05) is 12.6 Å². The number of rotatable bonds is 8. The van der Waals surface area contributed by atoms with Crippen LogP contribution in [0, 0.1) is 5.92 Å². The monoisotopic (exact) mass is 339 g/mol. The van der Waals surface area contributed by atoms with Gasteiger partial charge < -0.3 is 4.90 Å². The Hall–Kier alpha value is -0.210. The smallest absolute Gasteiger partial charge is 0.251 e. The molecule has 0 aliphatic carbocycles. The van der Waals surface area contributed by atoms with Crippen molar-refractivity contribution in [3.8, 4) is 0 Å². The van der Waals surface area contributed by atoms with Crippen molar-refractivity contribution in [2.75, 3.05) is 20.6 Å². The van der Waals surface area contributed by atoms with Crippen molar-refractivity contribution in [1.29, 1.82) is 0 Å². The summed E-state index contributed by atoms with van der Waals surface area (Å²) in [7, 11) is 0.423. The predicted molar refractivity (Wildman–Crippen MR) is 83.9 cm³/mol. The van der Waals surface area contributed by atoms with Gasteiger partial charge in [0.05, 0.1) is 6.20 Å². The number of hydrogen-bond acceptors (Lipinski definition) is 5. The second kappa shape index (κ2) is 7.70. The van der Waals surface area contributed by atoms with E-state index in [0.717, 1.165) is 24.2 Å². The Morgan fingerprint density at radius 2 is 2.00 bits per heavy atom. The molecule has 0 spiro atoms. The van der Waals surface area contributed by atoms with Crippen LogP contribution >= 0.6 is 22.9 Å². The van der Waals surface area contributed by atoms with Gasteiger partial charge in [-0.1, -0.05) is 49.6 Å². The molecule has 0 saturated carbocycles. The number of nitrogens with zero attached hydrogens (tertiary/aromatic N) is 2. The molecule has 0 saturated heterocycles. The Bertz CT molecular complexity index is 513. The highest BCUT2D eigenvalue weighted by molar-refractivity contribution is 7.91. The number of hydrogen-bond donors (Lipinski definition) is 1. The number of thiazole rings is 1. The predicted octanol–water partition coefficient (Wildman–Crippen LogP) is 2.44. The molecule has 1 atom stereocenters. The first-order valence-corrected chi connectivity index (χ1v) is 9.27. The van der Waals surface area contributed by atoms with Gasteiger partial charge in [-0.15, -0.1) is 0 Å². The van der Waals surface area contributed by atoms with Crippen LogP contribution in [0.25, 0.3) is 0 Å². The molecule has 1 heterocycles. The van der Waals surface area contributed by atoms with Crippen molar-refractivity contribution in [2.24, 2.45) is 5.92 Å². The molecule has 20 heavy (non-hydrogen) atoms. The van der Waals surface area contributed by atoms with Gasteiger partial charge in [-0.2, -0.15) is 0 Å². The lowest BCUT2D eigenvalue weighted by Gasteiger charge is -2.31. The van der Waals surface area contributed by atoms with Gasteiger partial charge in [-0.25, -0.2) is 18.1 Å². The number of likely N-dealkylation sites (N-methyl/N-ethyl adjacent to an activating group) is 1. The summed E-state index contributed by atoms with van der Waals surface area (Å²) in [5.74, 6) is 0.456. The molecule has 0 aromatic carbocycles. The molecule has 0 bridgehead atoms. The molecule has 0 amide bonds. The normalized spacial score (nSPS) is 14.2. The average Bonchev–Trinajstić information content (AvgIpc) is 2.81. The fraction of sp³-hybridized carbons (Fsp3) is 0.750. The number of sulfonamides is 1. The largest absolute Gasteiger partial charge is 0.305 e. The van der Waals surface area contributed by atoms with Gasteiger partial charge in [0.15, 0.2) is 8.68 Å². The lowest BCUT2D eigenvalue weighted by atomic mass is 9.93. The lowest BCUT2D eigenvalue weighted by Crippen LogP contribution is -2.44. The summed E-state index contributed by atoms with van der Waals surface area (Å²) in [4.78, 5) is 5.84. The summed E-state index contributed by atoms with van der Waals surface area (Å²) in [6, 6.07) is 0.170. The summed E-state index contributed by atoms with van der Waals surface area (Å²) in [5.41, 5.74) is 0. The van der Waals surface area contributed by atoms with E-state index < -0.39 is 10.0 Å². The topological polar surface area (TPSA) is 62.3 Å². The van der Waals surface area contributed by atoms with Crippen molar-refractivity contribution >= 4 is 33.0 Å². The third-order valence-electron chi connectivity index (χ3n) is 3.46. The second-order valence-electron chi connectivity index (χ2n) is 4.89. The molecule has 5 nitrogen and oxygen atoms in total. The van der Waals surface area contributed by atoms with Crippen LogP contribution in [0.3, 0.4) is 0 Å². The summed E-state index contributed by atoms with van der Waals surface area (Å²) in [5, 5.41) is 0. The average molecular weight is 340 g/mol. The highest BCUT2D eigenvalue weighted by Gasteiger charge is 2.24. The Labute approximate surface area is 130 Å². The molecule has 1 aromatic rings. The van der Waals surface area contributed by atoms with Crippen molar-refractivity contribution in [3.05, 3.63) is 10.7 Å². The molecule has 116 valence electrons. The summed E-state index contributed by atoms with van der Waals surface area (Å²) in [6.07, 6.45) is 3.33. The molecular formula is C12H22ClN3O2S2. The minimum atomic E-state index is -3.52. The lowest BCUT2D eigenvalue weighted by molar-refractivity contribution is 0.201. The Morgan fingerprint density at radius 1 is 1.40 bits per heavy atom. The Balaban J connectivity index is 2.77. The van der Waals surface area contributed by atoms with Gasteiger partial charge in [0.25, 0.3) is 10.0 Å². The van der Waals surface area contributed by atoms with Gasteiger partial charge in [-0.3, -0.25) is 0 Å². The number of aromatic nitrogens is 1. The molecule has 1 unspecified atom stereocenters. The Kier molecular flexibility index (Phi) is 6.87. The number of nitrogens with one attached hydrogen (secondary N) is 1. The maximum atomic E-state index is 12.2. The van der Waals surface area contributed by atoms with Crippen molar-refractivity contribution < 1.29 is 8.42 Å². The maximum absolute atomic E-state index is 12.2. The van der Waals surface area contributed by atoms with Crippen LogP contribution in [0.5, 0.6) is 0 Å². The zero-order valence-corrected chi connectivity index (χ0v) is 14.6. The number of halogens is 1. The van der Waals surface area contributed by atoms with Crippen LogP contribution < -0.4 is 4.72 Å². The summed E-state index contributed by atoms with van der Waals surface area (Å²) in [6.45, 7) is 4.64. The van der Waals surface area contributed by atoms with Gasteiger partial charge in [-0.05, 0) is 20.0 Å². The molecule has 8 heteroatoms. The summed E-state index contributed by atoms with van der Waals surface area (Å²) < 4.78 is 27.4. The van der Waals surface area contributed by atoms with E-state index in [9.17, 15) is 8.42 Å². The molecular weight excluding hydrogens is 318 g/mol. The molecule has 1 rings (SSSR count). The zero-order valence-electron chi connectivity index (χ0n) is 12.3. The van der Waals surface area contributed by atoms with Gasteiger partial charge in [0.2, 0.25) is 0 Å². The minimum Gasteiger partial charge on any atom is -0.305 e. The fourth-order valence-electron chi connectivity index (χ4n) is 2.23. The summed E-state index contributed by atoms with van der Waals surface area (Å²) >= 11 is 6.65. The van der Waals surface area contributed by atoms with Crippen LogP contribution in [0.2, 0.25) is 4.47 Å². The van der Waals surface area contributed by atoms with Crippen LogP contribution in [-0.2, 0) is 10.0 Å². The molecule has 0 radical (unpaired) electrons. The van der Waals surface area contributed by atoms with Crippen LogP contribution in [0.4, 0.5) is 0 Å². The molecule has 0 aliphatic rings. The van der Waals surface area contributed by atoms with E-state index in [1.165, 1.54) is 6.20 Å². The maximum Gasteiger partial charge on any atom is 0.251 e. The zero-order chi connectivity index (χ0) is 15.3. The third-order valence-corrected chi connectivity index (χ3v) is 6.46. The van der Waals surface area contributed by atoms with Crippen LogP contribution in [-0.4, -0.2) is 45.0 Å². The van der Waals surface area contributed by atoms with Crippen LogP contribution in [0.1, 0.15) is 26.7 Å². The SMILES string of the molecule is CCC(CC)C(CNS(=O)(=O)c1cnc(Cl)s1)N(C)C. The van der Waals surface area contributed by atoms with Gasteiger partial charge in [0.1, 0.15) is 0 Å². The fourth-order valence-corrected chi connectivity index (χ4v) is 4.62. The van der Waals surface area contributed by atoms with E-state index in [2.05, 4.69) is 28.5 Å². The quantitative estimate of drug-likeness (QED) is 0.790. The van der Waals surface area contributed by atoms with Gasteiger partial charge >= 0.3 is 0 Å². The van der Waals surface area contributed by atoms with Crippen molar-refractivity contribution in [3.63, 3.8) is 0 Å². The van der Waals surface area contributed by atoms with E-state index in [1.807, 2.05) is 14.1 Å². The van der Waals surface area contributed by atoms with Crippen LogP contribution in [0.15, 0.2) is 10.4 Å². The first-order valence-electron chi connectivity index (χ1n) is 6.59. The minimum absolute atomic E-state index is 0.157. The Morgan fingerprint density at radius 3 is 2.40 bits per heavy atom. The third kappa shape index (κ3) is 4.66. The first kappa shape index (κ1) is 17.8. The van der Waals surface area contributed by atoms with E-state index in [0.29, 0.717) is 12.5 Å². The molecule has 1 aromatic heterocycles. The van der Waals surface area contributed by atoms with Crippen molar-refractivity contribution in [2.45, 2.75) is 36.9 Å². The highest BCUT2D eigenvalue weighted by Crippen LogP contribution is 2.23. The van der Waals surface area contributed by atoms with E-state index in [-0.39, 0.29) is 14.7 Å². The molecule has 0 fully saturated rings. The van der Waals surface area contributed by atoms with Crippen molar-refractivity contribution in [1.82, 2.24) is 14.6 Å². The van der Waals surface area contributed by atoms with E-state index in [4.69, 9.17) is 11.6 Å². The van der Waals surface area contributed by atoms with E-state index >= 15 is 0 Å². The highest BCUT2D eigenvalue weighted by atomic mass is 35.5.